The fourth-order valence-corrected chi connectivity index (χ4v) is 3.15. The van der Waals surface area contributed by atoms with E-state index in [0.29, 0.717) is 22.3 Å². The summed E-state index contributed by atoms with van der Waals surface area (Å²) < 4.78 is 21.8. The van der Waals surface area contributed by atoms with E-state index in [4.69, 9.17) is 36.0 Å². The number of hydrogen-bond acceptors (Lipinski definition) is 7. The van der Waals surface area contributed by atoms with Gasteiger partial charge >= 0.3 is 5.97 Å². The molecule has 0 fully saturated rings. The predicted octanol–water partition coefficient (Wildman–Crippen LogP) is 4.08. The highest BCUT2D eigenvalue weighted by Crippen LogP contribution is 2.40. The molecule has 1 aromatic heterocycles. The number of nitriles is 1. The smallest absolute Gasteiger partial charge is 0.338 e. The van der Waals surface area contributed by atoms with Gasteiger partial charge in [0.25, 0.3) is 0 Å². The summed E-state index contributed by atoms with van der Waals surface area (Å²) in [6.45, 7) is 3.62. The number of ether oxygens (including phenoxy) is 3. The summed E-state index contributed by atoms with van der Waals surface area (Å²) in [6, 6.07) is 10.7. The third-order valence-corrected chi connectivity index (χ3v) is 4.91. The third-order valence-electron chi connectivity index (χ3n) is 4.49. The van der Waals surface area contributed by atoms with Crippen molar-refractivity contribution in [3.63, 3.8) is 0 Å². The van der Waals surface area contributed by atoms with E-state index in [1.54, 1.807) is 31.2 Å². The maximum absolute atomic E-state index is 12.3. The Bertz CT molecular complexity index is 1060. The Morgan fingerprint density at radius 2 is 2.07 bits per heavy atom. The van der Waals surface area contributed by atoms with Gasteiger partial charge in [0.1, 0.15) is 41.3 Å². The van der Waals surface area contributed by atoms with Crippen molar-refractivity contribution >= 4 is 17.6 Å². The van der Waals surface area contributed by atoms with Crippen molar-refractivity contribution in [2.75, 3.05) is 7.11 Å². The van der Waals surface area contributed by atoms with E-state index in [1.165, 1.54) is 7.11 Å². The Morgan fingerprint density at radius 1 is 1.31 bits per heavy atom. The number of aryl methyl sites for hydroxylation is 1. The second-order valence-electron chi connectivity index (χ2n) is 6.39. The molecule has 1 atom stereocenters. The van der Waals surface area contributed by atoms with Crippen LogP contribution in [0.2, 0.25) is 5.02 Å². The molecule has 0 spiro atoms. The first-order valence-electron chi connectivity index (χ1n) is 8.70. The van der Waals surface area contributed by atoms with Gasteiger partial charge in [0.05, 0.1) is 18.6 Å². The number of rotatable bonds is 5. The van der Waals surface area contributed by atoms with Gasteiger partial charge in [-0.25, -0.2) is 4.79 Å². The molecule has 0 bridgehead atoms. The summed E-state index contributed by atoms with van der Waals surface area (Å²) in [5.41, 5.74) is 6.98. The minimum atomic E-state index is -0.826. The van der Waals surface area contributed by atoms with Crippen LogP contribution in [0.15, 0.2) is 57.5 Å². The number of furan rings is 1. The molecule has 2 aromatic rings. The number of carbonyl (C=O) groups is 1. The van der Waals surface area contributed by atoms with Crippen molar-refractivity contribution in [2.24, 2.45) is 5.73 Å². The van der Waals surface area contributed by atoms with Gasteiger partial charge in [-0.15, -0.1) is 0 Å². The summed E-state index contributed by atoms with van der Waals surface area (Å²) in [5, 5.41) is 10.2. The summed E-state index contributed by atoms with van der Waals surface area (Å²) in [5.74, 6) is 0.239. The Hall–Kier alpha value is -3.37. The molecule has 0 saturated carbocycles. The first kappa shape index (κ1) is 20.4. The number of halogens is 1. The molecule has 1 aromatic carbocycles. The molecule has 0 aliphatic carbocycles. The maximum Gasteiger partial charge on any atom is 0.338 e. The fourth-order valence-electron chi connectivity index (χ4n) is 3.03. The number of nitrogens with two attached hydrogens (primary N) is 1. The van der Waals surface area contributed by atoms with Crippen LogP contribution in [0.4, 0.5) is 0 Å². The number of hydrogen-bond donors (Lipinski definition) is 1. The zero-order chi connectivity index (χ0) is 21.1. The van der Waals surface area contributed by atoms with Crippen LogP contribution in [-0.4, -0.2) is 13.1 Å². The van der Waals surface area contributed by atoms with E-state index in [-0.39, 0.29) is 29.4 Å². The molecular weight excluding hydrogens is 396 g/mol. The molecule has 7 nitrogen and oxygen atoms in total. The highest BCUT2D eigenvalue weighted by Gasteiger charge is 2.38. The van der Waals surface area contributed by atoms with Crippen molar-refractivity contribution in [3.8, 4) is 11.8 Å². The monoisotopic (exact) mass is 414 g/mol. The largest absolute Gasteiger partial charge is 0.486 e. The number of allylic oxidation sites excluding steroid dienone is 2. The van der Waals surface area contributed by atoms with Crippen LogP contribution in [0.25, 0.3) is 0 Å². The zero-order valence-corrected chi connectivity index (χ0v) is 16.9. The molecule has 2 heterocycles. The van der Waals surface area contributed by atoms with Gasteiger partial charge in [0.2, 0.25) is 5.88 Å². The fraction of sp³-hybridized carbons (Fsp3) is 0.238. The standard InChI is InChI=1S/C21H19ClN2O5/c1-11-8-13(4-6-16(11)22)27-10-14-5-7-17(29-14)19-15(9-23)20(24)28-12(2)18(19)21(25)26-3/h4-8,19H,10,24H2,1-3H3. The molecular formula is C21H19ClN2O5. The quantitative estimate of drug-likeness (QED) is 0.734. The Balaban J connectivity index is 1.88. The van der Waals surface area contributed by atoms with Crippen LogP contribution >= 0.6 is 11.6 Å². The Labute approximate surface area is 172 Å². The first-order chi connectivity index (χ1) is 13.8. The van der Waals surface area contributed by atoms with Crippen molar-refractivity contribution in [3.05, 3.63) is 75.2 Å². The van der Waals surface area contributed by atoms with Crippen molar-refractivity contribution in [2.45, 2.75) is 26.4 Å². The molecule has 0 saturated heterocycles. The summed E-state index contributed by atoms with van der Waals surface area (Å²) in [7, 11) is 1.25. The molecule has 8 heteroatoms. The van der Waals surface area contributed by atoms with Gasteiger partial charge < -0.3 is 24.4 Å². The molecule has 2 N–H and O–H groups in total. The molecule has 0 amide bonds. The van der Waals surface area contributed by atoms with E-state index in [1.807, 2.05) is 19.1 Å². The molecule has 3 rings (SSSR count). The third kappa shape index (κ3) is 4.08. The normalized spacial score (nSPS) is 16.3. The first-order valence-corrected chi connectivity index (χ1v) is 9.07. The summed E-state index contributed by atoms with van der Waals surface area (Å²) in [4.78, 5) is 12.3. The second-order valence-corrected chi connectivity index (χ2v) is 6.80. The van der Waals surface area contributed by atoms with Crippen molar-refractivity contribution in [1.82, 2.24) is 0 Å². The van der Waals surface area contributed by atoms with Gasteiger partial charge in [-0.1, -0.05) is 11.6 Å². The lowest BCUT2D eigenvalue weighted by Crippen LogP contribution is -2.24. The van der Waals surface area contributed by atoms with E-state index < -0.39 is 11.9 Å². The van der Waals surface area contributed by atoms with Crippen LogP contribution in [0.3, 0.4) is 0 Å². The minimum absolute atomic E-state index is 0.0751. The zero-order valence-electron chi connectivity index (χ0n) is 16.1. The second kappa shape index (κ2) is 8.33. The van der Waals surface area contributed by atoms with Crippen LogP contribution in [0, 0.1) is 18.3 Å². The van der Waals surface area contributed by atoms with Crippen LogP contribution < -0.4 is 10.5 Å². The predicted molar refractivity (Wildman–Crippen MR) is 105 cm³/mol. The number of carbonyl (C=O) groups excluding carboxylic acids is 1. The van der Waals surface area contributed by atoms with Gasteiger partial charge in [0, 0.05) is 5.02 Å². The Kier molecular flexibility index (Phi) is 5.85. The minimum Gasteiger partial charge on any atom is -0.486 e. The van der Waals surface area contributed by atoms with Crippen LogP contribution in [0.1, 0.15) is 29.9 Å². The highest BCUT2D eigenvalue weighted by molar-refractivity contribution is 6.31. The maximum atomic E-state index is 12.3. The number of benzene rings is 1. The summed E-state index contributed by atoms with van der Waals surface area (Å²) in [6.07, 6.45) is 0. The van der Waals surface area contributed by atoms with E-state index >= 15 is 0 Å². The lowest BCUT2D eigenvalue weighted by Gasteiger charge is -2.24. The van der Waals surface area contributed by atoms with E-state index in [2.05, 4.69) is 0 Å². The van der Waals surface area contributed by atoms with Gasteiger partial charge in [-0.05, 0) is 49.7 Å². The molecule has 29 heavy (non-hydrogen) atoms. The van der Waals surface area contributed by atoms with Gasteiger partial charge in [-0.2, -0.15) is 5.26 Å². The summed E-state index contributed by atoms with van der Waals surface area (Å²) >= 11 is 6.02. The van der Waals surface area contributed by atoms with E-state index in [0.717, 1.165) is 5.56 Å². The average Bonchev–Trinajstić information content (AvgIpc) is 3.16. The lowest BCUT2D eigenvalue weighted by atomic mass is 9.87. The highest BCUT2D eigenvalue weighted by atomic mass is 35.5. The number of methoxy groups -OCH3 is 1. The lowest BCUT2D eigenvalue weighted by molar-refractivity contribution is -0.136. The molecule has 1 aliphatic heterocycles. The number of nitrogens with zero attached hydrogens (tertiary/aromatic N) is 1. The molecule has 150 valence electrons. The Morgan fingerprint density at radius 3 is 2.72 bits per heavy atom. The van der Waals surface area contributed by atoms with Crippen molar-refractivity contribution in [1.29, 1.82) is 5.26 Å². The molecule has 0 radical (unpaired) electrons. The van der Waals surface area contributed by atoms with Gasteiger partial charge in [-0.3, -0.25) is 0 Å². The SMILES string of the molecule is COC(=O)C1=C(C)OC(N)=C(C#N)C1c1ccc(COc2ccc(Cl)c(C)c2)o1. The number of esters is 1. The van der Waals surface area contributed by atoms with Gasteiger partial charge in [0.15, 0.2) is 0 Å². The van der Waals surface area contributed by atoms with Crippen LogP contribution in [0.5, 0.6) is 5.75 Å². The van der Waals surface area contributed by atoms with Crippen molar-refractivity contribution < 1.29 is 23.4 Å². The topological polar surface area (TPSA) is 108 Å². The molecule has 1 aliphatic rings. The average molecular weight is 415 g/mol. The van der Waals surface area contributed by atoms with E-state index in [9.17, 15) is 10.1 Å². The van der Waals surface area contributed by atoms with Crippen LogP contribution in [-0.2, 0) is 20.9 Å². The molecule has 1 unspecified atom stereocenters.